The summed E-state index contributed by atoms with van der Waals surface area (Å²) in [5.41, 5.74) is 0.604. The Kier molecular flexibility index (Phi) is 6.39. The molecule has 0 heterocycles. The fraction of sp³-hybridized carbons (Fsp3) is 0.579. The van der Waals surface area contributed by atoms with Gasteiger partial charge in [0.15, 0.2) is 0 Å². The first-order valence-corrected chi connectivity index (χ1v) is 8.25. The molecular weight excluding hydrogens is 282 g/mol. The lowest BCUT2D eigenvalue weighted by Crippen LogP contribution is -2.20. The predicted molar refractivity (Wildman–Crippen MR) is 84.6 cm³/mol. The molecule has 1 nitrogen and oxygen atoms in total. The molecule has 1 fully saturated rings. The lowest BCUT2D eigenvalue weighted by atomic mass is 9.87. The van der Waals surface area contributed by atoms with Crippen LogP contribution in [0.15, 0.2) is 12.1 Å². The summed E-state index contributed by atoms with van der Waals surface area (Å²) in [6, 6.07) is 2.81. The maximum Gasteiger partial charge on any atom is 0.142 e. The van der Waals surface area contributed by atoms with E-state index < -0.39 is 11.6 Å². The van der Waals surface area contributed by atoms with Crippen LogP contribution in [0.5, 0.6) is 0 Å². The van der Waals surface area contributed by atoms with E-state index in [9.17, 15) is 8.78 Å². The second kappa shape index (κ2) is 8.29. The summed E-state index contributed by atoms with van der Waals surface area (Å²) in [5.74, 6) is 4.90. The SMILES string of the molecule is CCCc1cc(F)c(C#C[C@H]2CC[C@H](OCC)CC2)c(F)c1. The van der Waals surface area contributed by atoms with E-state index in [1.165, 1.54) is 12.1 Å². The molecule has 3 heteroatoms. The Morgan fingerprint density at radius 3 is 2.27 bits per heavy atom. The Labute approximate surface area is 132 Å². The van der Waals surface area contributed by atoms with Gasteiger partial charge in [-0.15, -0.1) is 0 Å². The molecule has 0 amide bonds. The first-order valence-electron chi connectivity index (χ1n) is 8.25. The lowest BCUT2D eigenvalue weighted by molar-refractivity contribution is 0.0310. The highest BCUT2D eigenvalue weighted by molar-refractivity contribution is 5.39. The third kappa shape index (κ3) is 4.55. The van der Waals surface area contributed by atoms with Gasteiger partial charge in [0.05, 0.1) is 11.7 Å². The number of rotatable bonds is 4. The molecule has 120 valence electrons. The van der Waals surface area contributed by atoms with Crippen LogP contribution < -0.4 is 0 Å². The number of ether oxygens (including phenoxy) is 1. The summed E-state index contributed by atoms with van der Waals surface area (Å²) in [6.45, 7) is 4.73. The number of halogens is 2. The van der Waals surface area contributed by atoms with Crippen molar-refractivity contribution >= 4 is 0 Å². The molecule has 0 aliphatic heterocycles. The average molecular weight is 306 g/mol. The van der Waals surface area contributed by atoms with E-state index in [0.29, 0.717) is 18.1 Å². The lowest BCUT2D eigenvalue weighted by Gasteiger charge is -2.25. The van der Waals surface area contributed by atoms with Crippen LogP contribution in [0.25, 0.3) is 0 Å². The molecule has 22 heavy (non-hydrogen) atoms. The molecule has 0 spiro atoms. The molecule has 0 N–H and O–H groups in total. The predicted octanol–water partition coefficient (Wildman–Crippen LogP) is 4.86. The third-order valence-electron chi connectivity index (χ3n) is 4.12. The van der Waals surface area contributed by atoms with Crippen LogP contribution in [0, 0.1) is 29.4 Å². The van der Waals surface area contributed by atoms with Crippen molar-refractivity contribution in [2.75, 3.05) is 6.61 Å². The minimum atomic E-state index is -0.543. The second-order valence-corrected chi connectivity index (χ2v) is 5.88. The molecule has 1 aromatic rings. The topological polar surface area (TPSA) is 9.23 Å². The standard InChI is InChI=1S/C19H24F2O/c1-3-5-15-12-18(20)17(19(21)13-15)11-8-14-6-9-16(10-7-14)22-4-2/h12-14,16H,3-7,9-10H2,1-2H3/t14-,16-. The van der Waals surface area contributed by atoms with E-state index in [2.05, 4.69) is 11.8 Å². The minimum Gasteiger partial charge on any atom is -0.379 e. The fourth-order valence-corrected chi connectivity index (χ4v) is 2.96. The summed E-state index contributed by atoms with van der Waals surface area (Å²) in [6.07, 6.45) is 5.71. The first-order chi connectivity index (χ1) is 10.6. The Morgan fingerprint density at radius 2 is 1.73 bits per heavy atom. The van der Waals surface area contributed by atoms with Crippen molar-refractivity contribution in [3.05, 3.63) is 34.9 Å². The maximum absolute atomic E-state index is 14.0. The number of benzene rings is 1. The summed E-state index contributed by atoms with van der Waals surface area (Å²) < 4.78 is 33.6. The van der Waals surface area contributed by atoms with Gasteiger partial charge in [-0.3, -0.25) is 0 Å². The largest absolute Gasteiger partial charge is 0.379 e. The van der Waals surface area contributed by atoms with Crippen molar-refractivity contribution in [2.24, 2.45) is 5.92 Å². The summed E-state index contributed by atoms with van der Waals surface area (Å²) in [5, 5.41) is 0. The molecule has 1 aromatic carbocycles. The van der Waals surface area contributed by atoms with Crippen molar-refractivity contribution < 1.29 is 13.5 Å². The van der Waals surface area contributed by atoms with Gasteiger partial charge in [0.2, 0.25) is 0 Å². The summed E-state index contributed by atoms with van der Waals surface area (Å²) in [7, 11) is 0. The van der Waals surface area contributed by atoms with Gasteiger partial charge in [0.25, 0.3) is 0 Å². The van der Waals surface area contributed by atoms with E-state index >= 15 is 0 Å². The Balaban J connectivity index is 2.03. The molecule has 1 aliphatic carbocycles. The summed E-state index contributed by atoms with van der Waals surface area (Å²) >= 11 is 0. The van der Waals surface area contributed by atoms with Crippen molar-refractivity contribution in [3.63, 3.8) is 0 Å². The summed E-state index contributed by atoms with van der Waals surface area (Å²) in [4.78, 5) is 0. The fourth-order valence-electron chi connectivity index (χ4n) is 2.96. The second-order valence-electron chi connectivity index (χ2n) is 5.88. The Hall–Kier alpha value is -1.40. The molecule has 0 bridgehead atoms. The van der Waals surface area contributed by atoms with Crippen LogP contribution in [-0.2, 0) is 11.2 Å². The van der Waals surface area contributed by atoms with Gasteiger partial charge in [-0.05, 0) is 56.7 Å². The molecule has 1 aliphatic rings. The molecule has 2 rings (SSSR count). The molecule has 0 radical (unpaired) electrons. The van der Waals surface area contributed by atoms with Crippen LogP contribution in [0.3, 0.4) is 0 Å². The molecule has 0 unspecified atom stereocenters. The van der Waals surface area contributed by atoms with Crippen molar-refractivity contribution in [1.29, 1.82) is 0 Å². The van der Waals surface area contributed by atoms with Crippen LogP contribution in [0.4, 0.5) is 8.78 Å². The van der Waals surface area contributed by atoms with Crippen LogP contribution in [0.2, 0.25) is 0 Å². The number of hydrogen-bond acceptors (Lipinski definition) is 1. The van der Waals surface area contributed by atoms with Crippen molar-refractivity contribution in [2.45, 2.75) is 58.5 Å². The zero-order valence-electron chi connectivity index (χ0n) is 13.4. The average Bonchev–Trinajstić information content (AvgIpc) is 2.49. The Bertz CT molecular complexity index is 525. The zero-order chi connectivity index (χ0) is 15.9. The molecule has 1 saturated carbocycles. The van der Waals surface area contributed by atoms with Gasteiger partial charge in [-0.1, -0.05) is 25.2 Å². The van der Waals surface area contributed by atoms with E-state index in [1.807, 2.05) is 13.8 Å². The van der Waals surface area contributed by atoms with Gasteiger partial charge in [-0.25, -0.2) is 8.78 Å². The highest BCUT2D eigenvalue weighted by Gasteiger charge is 2.20. The van der Waals surface area contributed by atoms with E-state index in [1.54, 1.807) is 0 Å². The Morgan fingerprint density at radius 1 is 1.09 bits per heavy atom. The zero-order valence-corrected chi connectivity index (χ0v) is 13.4. The van der Waals surface area contributed by atoms with Gasteiger partial charge in [-0.2, -0.15) is 0 Å². The van der Waals surface area contributed by atoms with E-state index in [4.69, 9.17) is 4.74 Å². The highest BCUT2D eigenvalue weighted by atomic mass is 19.1. The van der Waals surface area contributed by atoms with Crippen LogP contribution in [-0.4, -0.2) is 12.7 Å². The van der Waals surface area contributed by atoms with Gasteiger partial charge >= 0.3 is 0 Å². The molecular formula is C19H24F2O. The smallest absolute Gasteiger partial charge is 0.142 e. The first kappa shape index (κ1) is 17.0. The molecule has 0 aromatic heterocycles. The van der Waals surface area contributed by atoms with E-state index in [0.717, 1.165) is 38.7 Å². The van der Waals surface area contributed by atoms with Gasteiger partial charge < -0.3 is 4.74 Å². The number of hydrogen-bond donors (Lipinski definition) is 0. The third-order valence-corrected chi connectivity index (χ3v) is 4.12. The van der Waals surface area contributed by atoms with Crippen LogP contribution in [0.1, 0.15) is 57.1 Å². The highest BCUT2D eigenvalue weighted by Crippen LogP contribution is 2.26. The maximum atomic E-state index is 14.0. The molecule has 0 atom stereocenters. The number of aryl methyl sites for hydroxylation is 1. The van der Waals surface area contributed by atoms with Crippen LogP contribution >= 0.6 is 0 Å². The van der Waals surface area contributed by atoms with Gasteiger partial charge in [0.1, 0.15) is 11.6 Å². The monoisotopic (exact) mass is 306 g/mol. The van der Waals surface area contributed by atoms with Crippen molar-refractivity contribution in [1.82, 2.24) is 0 Å². The normalized spacial score (nSPS) is 21.3. The van der Waals surface area contributed by atoms with Gasteiger partial charge in [0, 0.05) is 12.5 Å². The molecule has 0 saturated heterocycles. The van der Waals surface area contributed by atoms with Crippen molar-refractivity contribution in [3.8, 4) is 11.8 Å². The minimum absolute atomic E-state index is 0.0909. The van der Waals surface area contributed by atoms with E-state index in [-0.39, 0.29) is 11.5 Å². The quantitative estimate of drug-likeness (QED) is 0.722.